The van der Waals surface area contributed by atoms with Gasteiger partial charge in [-0.3, -0.25) is 4.79 Å². The smallest absolute Gasteiger partial charge is 0.217 e. The van der Waals surface area contributed by atoms with Crippen LogP contribution < -0.4 is 32.7 Å². The number of carbonyl (C=O) groups excluding carboxylic acids is 1. The molecule has 15 unspecified atom stereocenters. The number of aliphatic hydroxyl groups excluding tert-OH is 4. The lowest BCUT2D eigenvalue weighted by Gasteiger charge is -2.50. The van der Waals surface area contributed by atoms with Gasteiger partial charge in [0, 0.05) is 33.7 Å². The average molecular weight is 597 g/mol. The van der Waals surface area contributed by atoms with Crippen LogP contribution in [0.1, 0.15) is 6.92 Å². The van der Waals surface area contributed by atoms with Crippen LogP contribution in [0.4, 0.5) is 0 Å². The Labute approximate surface area is 239 Å². The van der Waals surface area contributed by atoms with Crippen molar-refractivity contribution in [1.29, 1.82) is 0 Å². The third-order valence-electron chi connectivity index (χ3n) is 7.69. The van der Waals surface area contributed by atoms with Crippen LogP contribution in [0.3, 0.4) is 0 Å². The molecule has 240 valence electrons. The van der Waals surface area contributed by atoms with Crippen LogP contribution in [0, 0.1) is 0 Å². The summed E-state index contributed by atoms with van der Waals surface area (Å²) in [5.41, 5.74) is 12.0. The molecule has 0 bridgehead atoms. The summed E-state index contributed by atoms with van der Waals surface area (Å²) in [5.74, 6) is -0.476. The predicted octanol–water partition coefficient (Wildman–Crippen LogP) is -6.16. The summed E-state index contributed by atoms with van der Waals surface area (Å²) in [6, 6.07) is -3.07. The van der Waals surface area contributed by atoms with Gasteiger partial charge in [0.2, 0.25) is 5.91 Å². The van der Waals surface area contributed by atoms with E-state index >= 15 is 0 Å². The van der Waals surface area contributed by atoms with Gasteiger partial charge in [-0.05, 0) is 21.1 Å². The second-order valence-electron chi connectivity index (χ2n) is 10.5. The fourth-order valence-electron chi connectivity index (χ4n) is 5.59. The Bertz CT molecular complexity index is 816. The van der Waals surface area contributed by atoms with Crippen molar-refractivity contribution >= 4 is 5.91 Å². The molecule has 3 rings (SSSR count). The van der Waals surface area contributed by atoms with Gasteiger partial charge in [-0.15, -0.1) is 0 Å². The Morgan fingerprint density at radius 3 is 1.85 bits per heavy atom. The van der Waals surface area contributed by atoms with Crippen molar-refractivity contribution < 1.29 is 53.6 Å². The van der Waals surface area contributed by atoms with Gasteiger partial charge in [0.1, 0.15) is 61.0 Å². The molecular formula is C24H48N6O11. The lowest BCUT2D eigenvalue weighted by Crippen LogP contribution is -2.70. The van der Waals surface area contributed by atoms with Crippen molar-refractivity contribution in [3.8, 4) is 0 Å². The van der Waals surface area contributed by atoms with E-state index in [1.165, 1.54) is 14.0 Å². The zero-order valence-electron chi connectivity index (χ0n) is 24.1. The number of carbonyl (C=O) groups is 1. The molecule has 0 aromatic rings. The summed E-state index contributed by atoms with van der Waals surface area (Å²) < 4.78 is 35.5. The summed E-state index contributed by atoms with van der Waals surface area (Å²) in [7, 11) is 6.36. The van der Waals surface area contributed by atoms with E-state index in [0.717, 1.165) is 0 Å². The number of methoxy groups -OCH3 is 1. The molecule has 41 heavy (non-hydrogen) atoms. The molecule has 0 aromatic heterocycles. The van der Waals surface area contributed by atoms with Gasteiger partial charge in [-0.1, -0.05) is 0 Å². The largest absolute Gasteiger partial charge is 0.388 e. The van der Waals surface area contributed by atoms with Gasteiger partial charge in [0.15, 0.2) is 18.9 Å². The van der Waals surface area contributed by atoms with Gasteiger partial charge in [0.05, 0.1) is 12.1 Å². The van der Waals surface area contributed by atoms with Gasteiger partial charge in [0.25, 0.3) is 0 Å². The van der Waals surface area contributed by atoms with Crippen molar-refractivity contribution in [3.05, 3.63) is 0 Å². The minimum absolute atomic E-state index is 0.0363. The standard InChI is InChI=1S/C24H48N6O11/c1-9(31)30-14-17(33)20(11(7-27-2)37-22(14)35)41-24-15(29-4)18(34)21(12(39-24)8-28-3)40-23-13(26)16(32)19(36-5)10(6-25)38-23/h10-24,27-29,32-35H,6-8,25-26H2,1-5H3,(H,30,31). The first-order valence-electron chi connectivity index (χ1n) is 13.7. The normalized spacial score (nSPS) is 45.4. The van der Waals surface area contributed by atoms with Crippen LogP contribution in [0.5, 0.6) is 0 Å². The Balaban J connectivity index is 1.82. The Hall–Kier alpha value is -1.13. The minimum Gasteiger partial charge on any atom is -0.388 e. The number of nitrogens with one attached hydrogen (secondary N) is 4. The summed E-state index contributed by atoms with van der Waals surface area (Å²) in [4.78, 5) is 11.7. The number of ether oxygens (including phenoxy) is 6. The lowest BCUT2D eigenvalue weighted by atomic mass is 9.93. The van der Waals surface area contributed by atoms with Crippen LogP contribution in [-0.2, 0) is 33.2 Å². The molecule has 17 heteroatoms. The molecule has 12 N–H and O–H groups in total. The number of aliphatic hydroxyl groups is 4. The zero-order chi connectivity index (χ0) is 30.4. The molecule has 0 aromatic carbocycles. The monoisotopic (exact) mass is 596 g/mol. The number of amides is 1. The second kappa shape index (κ2) is 15.6. The molecule has 0 radical (unpaired) electrons. The Kier molecular flexibility index (Phi) is 13.0. The van der Waals surface area contributed by atoms with E-state index in [1.54, 1.807) is 21.1 Å². The first-order chi connectivity index (χ1) is 19.5. The maximum Gasteiger partial charge on any atom is 0.217 e. The quantitative estimate of drug-likeness (QED) is 0.101. The van der Waals surface area contributed by atoms with Crippen molar-refractivity contribution in [2.45, 2.75) is 98.9 Å². The van der Waals surface area contributed by atoms with E-state index in [0.29, 0.717) is 0 Å². The highest BCUT2D eigenvalue weighted by molar-refractivity contribution is 5.73. The number of hydrogen-bond donors (Lipinski definition) is 10. The van der Waals surface area contributed by atoms with Crippen LogP contribution in [-0.4, -0.2) is 166 Å². The van der Waals surface area contributed by atoms with Crippen molar-refractivity contribution in [1.82, 2.24) is 21.3 Å². The Morgan fingerprint density at radius 2 is 1.34 bits per heavy atom. The predicted molar refractivity (Wildman–Crippen MR) is 142 cm³/mol. The maximum absolute atomic E-state index is 11.7. The third kappa shape index (κ3) is 7.69. The van der Waals surface area contributed by atoms with E-state index in [4.69, 9.17) is 39.9 Å². The van der Waals surface area contributed by atoms with Gasteiger partial charge < -0.3 is 81.6 Å². The van der Waals surface area contributed by atoms with Gasteiger partial charge in [-0.2, -0.15) is 0 Å². The fourth-order valence-corrected chi connectivity index (χ4v) is 5.59. The van der Waals surface area contributed by atoms with Gasteiger partial charge >= 0.3 is 0 Å². The summed E-state index contributed by atoms with van der Waals surface area (Å²) in [6.07, 6.45) is -12.7. The number of rotatable bonds is 12. The minimum atomic E-state index is -1.48. The van der Waals surface area contributed by atoms with Crippen molar-refractivity contribution in [2.24, 2.45) is 11.5 Å². The SMILES string of the molecule is CNCC1OC(O)C(NC(C)=O)C(O)C1OC1OC(CNC)C(OC2OC(CN)C(OC)C(O)C2N)C(O)C1NC. The van der Waals surface area contributed by atoms with Crippen LogP contribution in [0.15, 0.2) is 0 Å². The molecule has 3 aliphatic rings. The zero-order valence-corrected chi connectivity index (χ0v) is 24.1. The highest BCUT2D eigenvalue weighted by atomic mass is 16.7. The molecule has 3 saturated heterocycles. The molecule has 3 aliphatic heterocycles. The molecule has 15 atom stereocenters. The number of likely N-dealkylation sites (N-methyl/N-ethyl adjacent to an activating group) is 3. The third-order valence-corrected chi connectivity index (χ3v) is 7.69. The van der Waals surface area contributed by atoms with E-state index < -0.39 is 97.8 Å². The average Bonchev–Trinajstić information content (AvgIpc) is 2.93. The van der Waals surface area contributed by atoms with Crippen molar-refractivity contribution in [3.63, 3.8) is 0 Å². The lowest BCUT2D eigenvalue weighted by molar-refractivity contribution is -0.345. The summed E-state index contributed by atoms with van der Waals surface area (Å²) in [6.45, 7) is 1.69. The van der Waals surface area contributed by atoms with E-state index in [1.807, 2.05) is 0 Å². The Morgan fingerprint density at radius 1 is 0.805 bits per heavy atom. The second-order valence-corrected chi connectivity index (χ2v) is 10.5. The van der Waals surface area contributed by atoms with E-state index in [-0.39, 0.29) is 19.6 Å². The highest BCUT2D eigenvalue weighted by Crippen LogP contribution is 2.32. The fraction of sp³-hybridized carbons (Fsp3) is 0.958. The number of nitrogens with two attached hydrogens (primary N) is 2. The molecule has 0 aliphatic carbocycles. The van der Waals surface area contributed by atoms with E-state index in [9.17, 15) is 25.2 Å². The molecular weight excluding hydrogens is 548 g/mol. The summed E-state index contributed by atoms with van der Waals surface area (Å²) >= 11 is 0. The van der Waals surface area contributed by atoms with Crippen LogP contribution in [0.25, 0.3) is 0 Å². The molecule has 3 fully saturated rings. The first kappa shape index (κ1) is 34.4. The molecule has 0 saturated carbocycles. The topological polar surface area (TPSA) is 254 Å². The maximum atomic E-state index is 11.7. The van der Waals surface area contributed by atoms with Crippen LogP contribution in [0.2, 0.25) is 0 Å². The first-order valence-corrected chi connectivity index (χ1v) is 13.7. The number of hydrogen-bond acceptors (Lipinski definition) is 16. The molecule has 0 spiro atoms. The molecule has 17 nitrogen and oxygen atoms in total. The molecule has 3 heterocycles. The van der Waals surface area contributed by atoms with Crippen molar-refractivity contribution in [2.75, 3.05) is 47.9 Å². The van der Waals surface area contributed by atoms with Crippen LogP contribution >= 0.6 is 0 Å². The molecule has 1 amide bonds. The highest BCUT2D eigenvalue weighted by Gasteiger charge is 2.53. The summed E-state index contributed by atoms with van der Waals surface area (Å²) in [5, 5.41) is 55.1. The van der Waals surface area contributed by atoms with Gasteiger partial charge in [-0.25, -0.2) is 0 Å². The van der Waals surface area contributed by atoms with E-state index in [2.05, 4.69) is 21.3 Å².